The number of nitrogens with two attached hydrogens (primary N) is 1. The van der Waals surface area contributed by atoms with E-state index in [4.69, 9.17) is 10.3 Å². The Balaban J connectivity index is 2.52. The van der Waals surface area contributed by atoms with Gasteiger partial charge < -0.3 is 10.3 Å². The van der Waals surface area contributed by atoms with Crippen LogP contribution in [0.3, 0.4) is 0 Å². The summed E-state index contributed by atoms with van der Waals surface area (Å²) < 4.78 is 5.00. The van der Waals surface area contributed by atoms with Gasteiger partial charge in [-0.15, -0.1) is 0 Å². The maximum absolute atomic E-state index is 5.41. The second-order valence-electron chi connectivity index (χ2n) is 2.95. The van der Waals surface area contributed by atoms with Crippen LogP contribution >= 0.6 is 0 Å². The van der Waals surface area contributed by atoms with E-state index in [0.717, 1.165) is 31.1 Å². The number of hydrogen-bond acceptors (Lipinski definition) is 4. The molecule has 1 aromatic rings. The Morgan fingerprint density at radius 2 is 2.15 bits per heavy atom. The van der Waals surface area contributed by atoms with Crippen molar-refractivity contribution in [1.82, 2.24) is 10.1 Å². The molecule has 0 amide bonds. The smallest absolute Gasteiger partial charge is 0.150 e. The third-order valence-electron chi connectivity index (χ3n) is 2.09. The predicted molar refractivity (Wildman–Crippen MR) is 51.0 cm³/mol. The summed E-state index contributed by atoms with van der Waals surface area (Å²) >= 11 is 0. The van der Waals surface area contributed by atoms with Crippen molar-refractivity contribution < 1.29 is 4.52 Å². The van der Waals surface area contributed by atoms with Crippen molar-refractivity contribution in [3.63, 3.8) is 0 Å². The molecule has 4 heteroatoms. The fraction of sp³-hybridized carbons (Fsp3) is 0.667. The molecule has 0 atom stereocenters. The average molecular weight is 183 g/mol. The first kappa shape index (κ1) is 10.2. The highest BCUT2D eigenvalue weighted by molar-refractivity contribution is 5.04. The Morgan fingerprint density at radius 1 is 1.46 bits per heavy atom. The molecular formula is C9H17N3O. The van der Waals surface area contributed by atoms with Gasteiger partial charge in [-0.05, 0) is 13.1 Å². The monoisotopic (exact) mass is 183 g/mol. The maximum Gasteiger partial charge on any atom is 0.150 e. The van der Waals surface area contributed by atoms with Crippen molar-refractivity contribution in [2.24, 2.45) is 5.73 Å². The molecule has 0 aliphatic heterocycles. The highest BCUT2D eigenvalue weighted by Gasteiger charge is 2.05. The Bertz CT molecular complexity index is 243. The van der Waals surface area contributed by atoms with Crippen molar-refractivity contribution in [3.8, 4) is 0 Å². The minimum atomic E-state index is 0.422. The van der Waals surface area contributed by atoms with Crippen molar-refractivity contribution in [2.45, 2.75) is 26.9 Å². The van der Waals surface area contributed by atoms with Gasteiger partial charge in [-0.2, -0.15) is 0 Å². The third-order valence-corrected chi connectivity index (χ3v) is 2.09. The zero-order chi connectivity index (χ0) is 9.68. The molecule has 1 aromatic heterocycles. The minimum absolute atomic E-state index is 0.422. The Hall–Kier alpha value is -0.870. The highest BCUT2D eigenvalue weighted by atomic mass is 16.5. The van der Waals surface area contributed by atoms with Gasteiger partial charge in [-0.25, -0.2) is 0 Å². The van der Waals surface area contributed by atoms with E-state index >= 15 is 0 Å². The van der Waals surface area contributed by atoms with E-state index in [1.165, 1.54) is 0 Å². The number of nitrogens with zero attached hydrogens (tertiary/aromatic N) is 2. The first-order valence-corrected chi connectivity index (χ1v) is 4.67. The van der Waals surface area contributed by atoms with Gasteiger partial charge in [0, 0.05) is 12.6 Å². The SMILES string of the molecule is CCN(CC)Cc1cc(CN)on1. The quantitative estimate of drug-likeness (QED) is 0.739. The fourth-order valence-electron chi connectivity index (χ4n) is 1.20. The molecule has 74 valence electrons. The van der Waals surface area contributed by atoms with Crippen molar-refractivity contribution in [1.29, 1.82) is 0 Å². The van der Waals surface area contributed by atoms with Gasteiger partial charge in [0.25, 0.3) is 0 Å². The van der Waals surface area contributed by atoms with Crippen LogP contribution in [0.5, 0.6) is 0 Å². The standard InChI is InChI=1S/C9H17N3O/c1-3-12(4-2)7-8-5-9(6-10)13-11-8/h5H,3-4,6-7,10H2,1-2H3. The first-order chi connectivity index (χ1) is 6.30. The minimum Gasteiger partial charge on any atom is -0.360 e. The largest absolute Gasteiger partial charge is 0.360 e. The zero-order valence-corrected chi connectivity index (χ0v) is 8.29. The van der Waals surface area contributed by atoms with Gasteiger partial charge in [-0.3, -0.25) is 4.90 Å². The van der Waals surface area contributed by atoms with Crippen LogP contribution in [0.4, 0.5) is 0 Å². The number of rotatable bonds is 5. The molecule has 0 fully saturated rings. The summed E-state index contributed by atoms with van der Waals surface area (Å²) in [5, 5.41) is 3.93. The maximum atomic E-state index is 5.41. The number of aromatic nitrogens is 1. The average Bonchev–Trinajstić information content (AvgIpc) is 2.61. The highest BCUT2D eigenvalue weighted by Crippen LogP contribution is 2.05. The van der Waals surface area contributed by atoms with Crippen LogP contribution in [0, 0.1) is 0 Å². The van der Waals surface area contributed by atoms with Crippen LogP contribution in [0.25, 0.3) is 0 Å². The topological polar surface area (TPSA) is 55.3 Å². The van der Waals surface area contributed by atoms with Gasteiger partial charge in [0.1, 0.15) is 0 Å². The van der Waals surface area contributed by atoms with Gasteiger partial charge in [0.05, 0.1) is 12.2 Å². The molecule has 0 aliphatic rings. The van der Waals surface area contributed by atoms with Gasteiger partial charge in [0.2, 0.25) is 0 Å². The Labute approximate surface area is 78.7 Å². The molecule has 0 unspecified atom stereocenters. The summed E-state index contributed by atoms with van der Waals surface area (Å²) in [4.78, 5) is 2.28. The van der Waals surface area contributed by atoms with E-state index in [0.29, 0.717) is 6.54 Å². The third kappa shape index (κ3) is 2.82. The lowest BCUT2D eigenvalue weighted by Gasteiger charge is -2.15. The Kier molecular flexibility index (Phi) is 3.92. The molecule has 0 radical (unpaired) electrons. The van der Waals surface area contributed by atoms with Crippen molar-refractivity contribution in [3.05, 3.63) is 17.5 Å². The summed E-state index contributed by atoms with van der Waals surface area (Å²) in [5.74, 6) is 0.752. The van der Waals surface area contributed by atoms with Gasteiger partial charge >= 0.3 is 0 Å². The van der Waals surface area contributed by atoms with Crippen molar-refractivity contribution in [2.75, 3.05) is 13.1 Å². The van der Waals surface area contributed by atoms with Gasteiger partial charge in [-0.1, -0.05) is 19.0 Å². The summed E-state index contributed by atoms with van der Waals surface area (Å²) in [7, 11) is 0. The summed E-state index contributed by atoms with van der Waals surface area (Å²) in [6, 6.07) is 1.92. The molecule has 0 spiro atoms. The van der Waals surface area contributed by atoms with Crippen LogP contribution in [-0.2, 0) is 13.1 Å². The zero-order valence-electron chi connectivity index (χ0n) is 8.29. The molecule has 1 rings (SSSR count). The molecule has 0 bridgehead atoms. The van der Waals surface area contributed by atoms with E-state index in [2.05, 4.69) is 23.9 Å². The van der Waals surface area contributed by atoms with Gasteiger partial charge in [0.15, 0.2) is 5.76 Å². The predicted octanol–water partition coefficient (Wildman–Crippen LogP) is 0.975. The molecule has 2 N–H and O–H groups in total. The Morgan fingerprint density at radius 3 is 2.62 bits per heavy atom. The summed E-state index contributed by atoms with van der Waals surface area (Å²) in [6.45, 7) is 7.59. The molecule has 13 heavy (non-hydrogen) atoms. The van der Waals surface area contributed by atoms with E-state index < -0.39 is 0 Å². The number of hydrogen-bond donors (Lipinski definition) is 1. The molecule has 4 nitrogen and oxygen atoms in total. The van der Waals surface area contributed by atoms with E-state index in [-0.39, 0.29) is 0 Å². The van der Waals surface area contributed by atoms with Crippen LogP contribution in [0.2, 0.25) is 0 Å². The van der Waals surface area contributed by atoms with E-state index in [1.54, 1.807) is 0 Å². The fourth-order valence-corrected chi connectivity index (χ4v) is 1.20. The lowest BCUT2D eigenvalue weighted by molar-refractivity contribution is 0.282. The van der Waals surface area contributed by atoms with Crippen LogP contribution in [0.1, 0.15) is 25.3 Å². The molecule has 0 aliphatic carbocycles. The molecule has 1 heterocycles. The second kappa shape index (κ2) is 4.99. The van der Waals surface area contributed by atoms with Crippen LogP contribution < -0.4 is 5.73 Å². The van der Waals surface area contributed by atoms with Crippen molar-refractivity contribution >= 4 is 0 Å². The second-order valence-corrected chi connectivity index (χ2v) is 2.95. The lowest BCUT2D eigenvalue weighted by atomic mass is 10.3. The van der Waals surface area contributed by atoms with E-state index in [1.807, 2.05) is 6.07 Å². The molecule has 0 saturated heterocycles. The lowest BCUT2D eigenvalue weighted by Crippen LogP contribution is -2.22. The molecule has 0 saturated carbocycles. The first-order valence-electron chi connectivity index (χ1n) is 4.67. The normalized spacial score (nSPS) is 11.1. The summed E-state index contributed by atoms with van der Waals surface area (Å²) in [6.07, 6.45) is 0. The molecule has 0 aromatic carbocycles. The summed E-state index contributed by atoms with van der Waals surface area (Å²) in [5.41, 5.74) is 6.37. The van der Waals surface area contributed by atoms with Crippen LogP contribution in [0.15, 0.2) is 10.6 Å². The van der Waals surface area contributed by atoms with E-state index in [9.17, 15) is 0 Å². The van der Waals surface area contributed by atoms with Crippen LogP contribution in [-0.4, -0.2) is 23.1 Å². The molecular weight excluding hydrogens is 166 g/mol.